The van der Waals surface area contributed by atoms with Crippen molar-refractivity contribution in [3.8, 4) is 0 Å². The Labute approximate surface area is 161 Å². The van der Waals surface area contributed by atoms with Crippen LogP contribution in [0.15, 0.2) is 45.8 Å². The first-order chi connectivity index (χ1) is 12.4. The molecule has 9 heteroatoms. The number of sulfonamides is 1. The summed E-state index contributed by atoms with van der Waals surface area (Å²) >= 11 is 3.30. The number of anilines is 1. The smallest absolute Gasteiger partial charge is 0.282 e. The van der Waals surface area contributed by atoms with Crippen molar-refractivity contribution in [2.75, 3.05) is 18.4 Å². The van der Waals surface area contributed by atoms with Crippen LogP contribution in [0.25, 0.3) is 0 Å². The Morgan fingerprint density at radius 1 is 1.23 bits per heavy atom. The maximum absolute atomic E-state index is 12.6. The molecule has 0 spiro atoms. The van der Waals surface area contributed by atoms with Gasteiger partial charge in [0.25, 0.3) is 5.56 Å². The standard InChI is InChI=1S/C17H21BrN4O3S/c1-21-17(23)16(18)15(11-19-21)20-14-7-9-22(10-8-14)26(24,25)12-13-5-3-2-4-6-13/h2-6,11,14,20H,7-10,12H2,1H3. The molecule has 0 amide bonds. The van der Waals surface area contributed by atoms with Gasteiger partial charge in [0.15, 0.2) is 0 Å². The Morgan fingerprint density at radius 2 is 1.88 bits per heavy atom. The number of aryl methyl sites for hydroxylation is 1. The van der Waals surface area contributed by atoms with Crippen molar-refractivity contribution < 1.29 is 8.42 Å². The highest BCUT2D eigenvalue weighted by Gasteiger charge is 2.28. The Bertz CT molecular complexity index is 923. The fourth-order valence-electron chi connectivity index (χ4n) is 2.99. The minimum Gasteiger partial charge on any atom is -0.380 e. The lowest BCUT2D eigenvalue weighted by Gasteiger charge is -2.32. The van der Waals surface area contributed by atoms with Crippen LogP contribution in [0.4, 0.5) is 5.69 Å². The van der Waals surface area contributed by atoms with E-state index in [2.05, 4.69) is 26.3 Å². The third-order valence-electron chi connectivity index (χ3n) is 4.48. The van der Waals surface area contributed by atoms with Crippen LogP contribution in [-0.4, -0.2) is 41.6 Å². The lowest BCUT2D eigenvalue weighted by atomic mass is 10.1. The topological polar surface area (TPSA) is 84.3 Å². The molecular formula is C17H21BrN4O3S. The van der Waals surface area contributed by atoms with E-state index in [-0.39, 0.29) is 17.4 Å². The molecule has 0 atom stereocenters. The SMILES string of the molecule is Cn1ncc(NC2CCN(S(=O)(=O)Cc3ccccc3)CC2)c(Br)c1=O. The molecule has 26 heavy (non-hydrogen) atoms. The van der Waals surface area contributed by atoms with E-state index in [0.717, 1.165) is 5.56 Å². The van der Waals surface area contributed by atoms with Gasteiger partial charge in [0.1, 0.15) is 4.47 Å². The monoisotopic (exact) mass is 440 g/mol. The van der Waals surface area contributed by atoms with Gasteiger partial charge in [-0.15, -0.1) is 0 Å². The highest BCUT2D eigenvalue weighted by molar-refractivity contribution is 9.10. The van der Waals surface area contributed by atoms with Crippen molar-refractivity contribution in [1.29, 1.82) is 0 Å². The van der Waals surface area contributed by atoms with E-state index < -0.39 is 10.0 Å². The van der Waals surface area contributed by atoms with E-state index in [1.54, 1.807) is 17.5 Å². The number of aromatic nitrogens is 2. The predicted molar refractivity (Wildman–Crippen MR) is 104 cm³/mol. The normalized spacial score (nSPS) is 16.5. The molecule has 7 nitrogen and oxygen atoms in total. The summed E-state index contributed by atoms with van der Waals surface area (Å²) in [5.74, 6) is 0.0239. The minimum absolute atomic E-state index is 0.0239. The molecule has 0 bridgehead atoms. The zero-order valence-corrected chi connectivity index (χ0v) is 16.8. The van der Waals surface area contributed by atoms with Crippen LogP contribution in [0, 0.1) is 0 Å². The average molecular weight is 441 g/mol. The largest absolute Gasteiger partial charge is 0.380 e. The Balaban J connectivity index is 1.61. The van der Waals surface area contributed by atoms with Gasteiger partial charge >= 0.3 is 0 Å². The lowest BCUT2D eigenvalue weighted by molar-refractivity contribution is 0.329. The molecule has 1 saturated heterocycles. The molecule has 1 N–H and O–H groups in total. The number of hydrogen-bond donors (Lipinski definition) is 1. The van der Waals surface area contributed by atoms with Crippen LogP contribution in [0.1, 0.15) is 18.4 Å². The lowest BCUT2D eigenvalue weighted by Crippen LogP contribution is -2.43. The van der Waals surface area contributed by atoms with Crippen LogP contribution in [0.3, 0.4) is 0 Å². The van der Waals surface area contributed by atoms with Gasteiger partial charge in [-0.1, -0.05) is 30.3 Å². The van der Waals surface area contributed by atoms with Crippen molar-refractivity contribution in [1.82, 2.24) is 14.1 Å². The van der Waals surface area contributed by atoms with Gasteiger partial charge in [-0.2, -0.15) is 5.10 Å². The van der Waals surface area contributed by atoms with Crippen molar-refractivity contribution in [3.05, 3.63) is 56.9 Å². The van der Waals surface area contributed by atoms with Gasteiger partial charge < -0.3 is 5.32 Å². The molecule has 140 valence electrons. The molecular weight excluding hydrogens is 420 g/mol. The van der Waals surface area contributed by atoms with E-state index >= 15 is 0 Å². The summed E-state index contributed by atoms with van der Waals surface area (Å²) in [6.45, 7) is 0.922. The second kappa shape index (κ2) is 7.89. The maximum atomic E-state index is 12.6. The molecule has 0 radical (unpaired) electrons. The molecule has 2 aromatic rings. The maximum Gasteiger partial charge on any atom is 0.282 e. The highest BCUT2D eigenvalue weighted by Crippen LogP contribution is 2.23. The summed E-state index contributed by atoms with van der Waals surface area (Å²) in [7, 11) is -1.73. The number of benzene rings is 1. The zero-order chi connectivity index (χ0) is 18.7. The molecule has 1 aliphatic heterocycles. The van der Waals surface area contributed by atoms with E-state index in [9.17, 15) is 13.2 Å². The Hall–Kier alpha value is -1.71. The Kier molecular flexibility index (Phi) is 5.79. The number of rotatable bonds is 5. The molecule has 0 unspecified atom stereocenters. The molecule has 0 saturated carbocycles. The van der Waals surface area contributed by atoms with Crippen molar-refractivity contribution in [3.63, 3.8) is 0 Å². The average Bonchev–Trinajstić information content (AvgIpc) is 2.63. The minimum atomic E-state index is -3.32. The number of piperidine rings is 1. The van der Waals surface area contributed by atoms with E-state index in [4.69, 9.17) is 0 Å². The highest BCUT2D eigenvalue weighted by atomic mass is 79.9. The van der Waals surface area contributed by atoms with Crippen molar-refractivity contribution in [2.45, 2.75) is 24.6 Å². The summed E-state index contributed by atoms with van der Waals surface area (Å²) in [5, 5.41) is 7.31. The van der Waals surface area contributed by atoms with Gasteiger partial charge in [-0.05, 0) is 34.3 Å². The van der Waals surface area contributed by atoms with E-state index in [1.807, 2.05) is 30.3 Å². The summed E-state index contributed by atoms with van der Waals surface area (Å²) in [5.41, 5.74) is 1.22. The first kappa shape index (κ1) is 19.1. The van der Waals surface area contributed by atoms with Gasteiger partial charge in [0.05, 0.1) is 17.6 Å². The Morgan fingerprint density at radius 3 is 2.54 bits per heavy atom. The van der Waals surface area contributed by atoms with Crippen LogP contribution in [0.2, 0.25) is 0 Å². The van der Waals surface area contributed by atoms with Gasteiger partial charge in [-0.25, -0.2) is 17.4 Å². The molecule has 1 aromatic carbocycles. The number of nitrogens with zero attached hydrogens (tertiary/aromatic N) is 3. The van der Waals surface area contributed by atoms with E-state index in [1.165, 1.54) is 4.68 Å². The summed E-state index contributed by atoms with van der Waals surface area (Å²) in [6, 6.07) is 9.31. The first-order valence-corrected chi connectivity index (χ1v) is 10.8. The fraction of sp³-hybridized carbons (Fsp3) is 0.412. The summed E-state index contributed by atoms with van der Waals surface area (Å²) < 4.78 is 28.4. The second-order valence-electron chi connectivity index (χ2n) is 6.36. The number of hydrogen-bond acceptors (Lipinski definition) is 5. The van der Waals surface area contributed by atoms with Gasteiger partial charge in [0.2, 0.25) is 10.0 Å². The molecule has 0 aliphatic carbocycles. The molecule has 1 aromatic heterocycles. The molecule has 2 heterocycles. The van der Waals surface area contributed by atoms with Crippen molar-refractivity contribution in [2.24, 2.45) is 7.05 Å². The van der Waals surface area contributed by atoms with Crippen LogP contribution >= 0.6 is 15.9 Å². The predicted octanol–water partition coefficient (Wildman–Crippen LogP) is 1.95. The molecule has 1 fully saturated rings. The fourth-order valence-corrected chi connectivity index (χ4v) is 5.02. The quantitative estimate of drug-likeness (QED) is 0.767. The van der Waals surface area contributed by atoms with Crippen molar-refractivity contribution >= 4 is 31.6 Å². The third-order valence-corrected chi connectivity index (χ3v) is 7.09. The number of nitrogens with one attached hydrogen (secondary N) is 1. The second-order valence-corrected chi connectivity index (χ2v) is 9.12. The van der Waals surface area contributed by atoms with Crippen LogP contribution < -0.4 is 10.9 Å². The first-order valence-electron chi connectivity index (χ1n) is 8.37. The summed E-state index contributed by atoms with van der Waals surface area (Å²) in [6.07, 6.45) is 2.95. The third kappa shape index (κ3) is 4.33. The van der Waals surface area contributed by atoms with E-state index in [0.29, 0.717) is 36.1 Å². The van der Waals surface area contributed by atoms with Gasteiger partial charge in [0, 0.05) is 26.2 Å². The van der Waals surface area contributed by atoms with Crippen LogP contribution in [0.5, 0.6) is 0 Å². The summed E-state index contributed by atoms with van der Waals surface area (Å²) in [4.78, 5) is 11.9. The zero-order valence-electron chi connectivity index (χ0n) is 14.4. The molecule has 1 aliphatic rings. The van der Waals surface area contributed by atoms with Gasteiger partial charge in [-0.3, -0.25) is 4.79 Å². The number of halogens is 1. The van der Waals surface area contributed by atoms with Crippen LogP contribution in [-0.2, 0) is 22.8 Å². The molecule has 3 rings (SSSR count).